The number of nitrogens with zero attached hydrogens (tertiary/aromatic N) is 2. The number of carbonyl (C=O) groups excluding carboxylic acids is 2. The Labute approximate surface area is 210 Å². The van der Waals surface area contributed by atoms with Crippen molar-refractivity contribution in [3.63, 3.8) is 0 Å². The smallest absolute Gasteiger partial charge is 0.415 e. The molecule has 0 aliphatic rings. The summed E-state index contributed by atoms with van der Waals surface area (Å²) in [5, 5.41) is 0. The van der Waals surface area contributed by atoms with Gasteiger partial charge >= 0.3 is 12.1 Å². The number of ether oxygens (including phenoxy) is 3. The molecule has 0 saturated carbocycles. The number of halogens is 1. The zero-order chi connectivity index (χ0) is 26.6. The molecule has 0 spiro atoms. The zero-order valence-corrected chi connectivity index (χ0v) is 21.6. The van der Waals surface area contributed by atoms with E-state index >= 15 is 4.39 Å². The molecule has 0 N–H and O–H groups in total. The van der Waals surface area contributed by atoms with Crippen LogP contribution in [0.1, 0.15) is 48.0 Å². The van der Waals surface area contributed by atoms with Crippen LogP contribution in [0.2, 0.25) is 0 Å². The Morgan fingerprint density at radius 2 is 1.75 bits per heavy atom. The van der Waals surface area contributed by atoms with Crippen LogP contribution < -0.4 is 9.64 Å². The molecule has 1 amide bonds. The third-order valence-electron chi connectivity index (χ3n) is 5.55. The number of esters is 1. The number of pyridine rings is 1. The minimum absolute atomic E-state index is 0.0119. The highest BCUT2D eigenvalue weighted by atomic mass is 19.1. The van der Waals surface area contributed by atoms with Crippen molar-refractivity contribution in [3.8, 4) is 16.9 Å². The monoisotopic (exact) mass is 494 g/mol. The van der Waals surface area contributed by atoms with Gasteiger partial charge in [-0.3, -0.25) is 9.88 Å². The maximum absolute atomic E-state index is 15.3. The fourth-order valence-electron chi connectivity index (χ4n) is 3.86. The van der Waals surface area contributed by atoms with Crippen molar-refractivity contribution in [1.82, 2.24) is 4.98 Å². The quantitative estimate of drug-likeness (QED) is 0.378. The molecular weight excluding hydrogens is 463 g/mol. The van der Waals surface area contributed by atoms with Crippen LogP contribution in [0.3, 0.4) is 0 Å². The average Bonchev–Trinajstić information content (AvgIpc) is 2.83. The largest absolute Gasteiger partial charge is 0.496 e. The third kappa shape index (κ3) is 5.82. The number of hydrogen-bond donors (Lipinski definition) is 0. The van der Waals surface area contributed by atoms with Crippen molar-refractivity contribution in [3.05, 3.63) is 76.9 Å². The van der Waals surface area contributed by atoms with Crippen molar-refractivity contribution >= 4 is 17.7 Å². The predicted octanol–water partition coefficient (Wildman–Crippen LogP) is 6.24. The maximum Gasteiger partial charge on any atom is 0.415 e. The van der Waals surface area contributed by atoms with E-state index in [2.05, 4.69) is 4.98 Å². The highest BCUT2D eigenvalue weighted by molar-refractivity contribution is 5.98. The van der Waals surface area contributed by atoms with E-state index in [1.165, 1.54) is 24.1 Å². The van der Waals surface area contributed by atoms with E-state index in [0.29, 0.717) is 28.1 Å². The summed E-state index contributed by atoms with van der Waals surface area (Å²) in [5.41, 5.74) is 2.68. The summed E-state index contributed by atoms with van der Waals surface area (Å²) in [5.74, 6) is -0.505. The van der Waals surface area contributed by atoms with Crippen LogP contribution in [0.4, 0.5) is 14.9 Å². The van der Waals surface area contributed by atoms with Gasteiger partial charge in [-0.05, 0) is 63.9 Å². The number of benzene rings is 2. The molecule has 1 aromatic heterocycles. The summed E-state index contributed by atoms with van der Waals surface area (Å²) in [7, 11) is 2.86. The first-order valence-electron chi connectivity index (χ1n) is 11.4. The van der Waals surface area contributed by atoms with Crippen molar-refractivity contribution in [2.24, 2.45) is 0 Å². The van der Waals surface area contributed by atoms with E-state index < -0.39 is 23.5 Å². The standard InChI is InChI=1S/C28H31FN2O5/c1-17-15-30-23(18(2)25(17)34-6)16-31(27(33)36-28(3,4)5)24-14-19(12-13-22(24)29)20-10-8-9-11-21(20)26(32)35-7/h8-15H,16H2,1-7H3. The summed E-state index contributed by atoms with van der Waals surface area (Å²) in [6.45, 7) is 8.86. The number of carbonyl (C=O) groups is 2. The molecule has 190 valence electrons. The predicted molar refractivity (Wildman–Crippen MR) is 136 cm³/mol. The van der Waals surface area contributed by atoms with Crippen LogP contribution in [0, 0.1) is 19.7 Å². The minimum atomic E-state index is -0.811. The number of amides is 1. The molecule has 3 aromatic rings. The van der Waals surface area contributed by atoms with Gasteiger partial charge in [0.05, 0.1) is 37.7 Å². The van der Waals surface area contributed by atoms with E-state index in [-0.39, 0.29) is 12.2 Å². The van der Waals surface area contributed by atoms with Gasteiger partial charge in [-0.1, -0.05) is 24.3 Å². The Kier molecular flexibility index (Phi) is 7.97. The highest BCUT2D eigenvalue weighted by Crippen LogP contribution is 2.33. The van der Waals surface area contributed by atoms with Crippen LogP contribution >= 0.6 is 0 Å². The lowest BCUT2D eigenvalue weighted by Crippen LogP contribution is -2.37. The van der Waals surface area contributed by atoms with Gasteiger partial charge in [0.1, 0.15) is 17.2 Å². The van der Waals surface area contributed by atoms with Gasteiger partial charge in [-0.2, -0.15) is 0 Å². The Bertz CT molecular complexity index is 1280. The highest BCUT2D eigenvalue weighted by Gasteiger charge is 2.28. The Balaban J connectivity index is 2.15. The first-order chi connectivity index (χ1) is 17.0. The summed E-state index contributed by atoms with van der Waals surface area (Å²) >= 11 is 0. The lowest BCUT2D eigenvalue weighted by atomic mass is 9.99. The van der Waals surface area contributed by atoms with E-state index in [1.54, 1.807) is 64.4 Å². The van der Waals surface area contributed by atoms with Crippen LogP contribution in [-0.4, -0.2) is 36.9 Å². The van der Waals surface area contributed by atoms with E-state index in [9.17, 15) is 9.59 Å². The first kappa shape index (κ1) is 26.7. The topological polar surface area (TPSA) is 78.0 Å². The van der Waals surface area contributed by atoms with Gasteiger partial charge in [0.25, 0.3) is 0 Å². The van der Waals surface area contributed by atoms with Gasteiger partial charge in [0, 0.05) is 17.3 Å². The molecule has 0 radical (unpaired) electrons. The second kappa shape index (κ2) is 10.8. The van der Waals surface area contributed by atoms with E-state index in [0.717, 1.165) is 11.1 Å². The Morgan fingerprint density at radius 1 is 1.06 bits per heavy atom. The lowest BCUT2D eigenvalue weighted by molar-refractivity contribution is 0.0572. The van der Waals surface area contributed by atoms with Crippen molar-refractivity contribution in [2.45, 2.75) is 46.8 Å². The van der Waals surface area contributed by atoms with Crippen LogP contribution in [-0.2, 0) is 16.0 Å². The van der Waals surface area contributed by atoms with Crippen molar-refractivity contribution in [2.75, 3.05) is 19.1 Å². The number of methoxy groups -OCH3 is 2. The lowest BCUT2D eigenvalue weighted by Gasteiger charge is -2.28. The van der Waals surface area contributed by atoms with Gasteiger partial charge in [0.15, 0.2) is 0 Å². The zero-order valence-electron chi connectivity index (χ0n) is 21.6. The van der Waals surface area contributed by atoms with Crippen LogP contribution in [0.15, 0.2) is 48.7 Å². The van der Waals surface area contributed by atoms with Crippen molar-refractivity contribution in [1.29, 1.82) is 0 Å². The number of rotatable bonds is 6. The molecule has 8 heteroatoms. The Hall–Kier alpha value is -3.94. The second-order valence-electron chi connectivity index (χ2n) is 9.32. The fourth-order valence-corrected chi connectivity index (χ4v) is 3.86. The van der Waals surface area contributed by atoms with E-state index in [1.807, 2.05) is 13.8 Å². The molecule has 0 aliphatic heterocycles. The minimum Gasteiger partial charge on any atom is -0.496 e. The molecule has 3 rings (SSSR count). The third-order valence-corrected chi connectivity index (χ3v) is 5.55. The SMILES string of the molecule is COC(=O)c1ccccc1-c1ccc(F)c(N(Cc2ncc(C)c(OC)c2C)C(=O)OC(C)(C)C)c1. The first-order valence-corrected chi connectivity index (χ1v) is 11.4. The van der Waals surface area contributed by atoms with E-state index in [4.69, 9.17) is 14.2 Å². The molecule has 0 aliphatic carbocycles. The number of hydrogen-bond acceptors (Lipinski definition) is 6. The Morgan fingerprint density at radius 3 is 2.39 bits per heavy atom. The fraction of sp³-hybridized carbons (Fsp3) is 0.321. The molecule has 0 saturated heterocycles. The molecule has 1 heterocycles. The van der Waals surface area contributed by atoms with Gasteiger partial charge < -0.3 is 14.2 Å². The van der Waals surface area contributed by atoms with Gasteiger partial charge in [0.2, 0.25) is 0 Å². The van der Waals surface area contributed by atoms with Crippen LogP contribution in [0.25, 0.3) is 11.1 Å². The number of aryl methyl sites for hydroxylation is 1. The van der Waals surface area contributed by atoms with Crippen LogP contribution in [0.5, 0.6) is 5.75 Å². The molecular formula is C28H31FN2O5. The molecule has 0 fully saturated rings. The molecule has 0 atom stereocenters. The summed E-state index contributed by atoms with van der Waals surface area (Å²) in [6.07, 6.45) is 0.911. The summed E-state index contributed by atoms with van der Waals surface area (Å²) < 4.78 is 31.3. The molecule has 2 aromatic carbocycles. The molecule has 0 bridgehead atoms. The average molecular weight is 495 g/mol. The van der Waals surface area contributed by atoms with Crippen molar-refractivity contribution < 1.29 is 28.2 Å². The number of anilines is 1. The molecule has 0 unspecified atom stereocenters. The van der Waals surface area contributed by atoms with Gasteiger partial charge in [-0.15, -0.1) is 0 Å². The maximum atomic E-state index is 15.3. The summed E-state index contributed by atoms with van der Waals surface area (Å²) in [4.78, 5) is 31.3. The van der Waals surface area contributed by atoms with Gasteiger partial charge in [-0.25, -0.2) is 14.0 Å². The number of aromatic nitrogens is 1. The summed E-state index contributed by atoms with van der Waals surface area (Å²) in [6, 6.07) is 11.2. The molecule has 36 heavy (non-hydrogen) atoms. The molecule has 7 nitrogen and oxygen atoms in total. The normalized spacial score (nSPS) is 11.1. The second-order valence-corrected chi connectivity index (χ2v) is 9.32.